The van der Waals surface area contributed by atoms with Crippen LogP contribution in [0.2, 0.25) is 0 Å². The Morgan fingerprint density at radius 3 is 1.16 bits per heavy atom. The molecule has 23 aromatic rings. The Morgan fingerprint density at radius 1 is 0.381 bits per heavy atom. The van der Waals surface area contributed by atoms with Gasteiger partial charge in [0.05, 0.1) is 116 Å². The Kier molecular flexibility index (Phi) is 25.5. The summed E-state index contributed by atoms with van der Waals surface area (Å²) in [4.78, 5) is 66.7. The first-order valence-electron chi connectivity index (χ1n) is 44.2. The number of anilines is 5. The average Bonchev–Trinajstić information content (AvgIpc) is 1.85. The Morgan fingerprint density at radius 2 is 0.770 bits per heavy atom. The molecular weight excluding hydrogens is 1800 g/mol. The van der Waals surface area contributed by atoms with Crippen LogP contribution in [0.4, 0.5) is 50.4 Å². The monoisotopic (exact) mass is 1880 g/mol. The van der Waals surface area contributed by atoms with Crippen LogP contribution in [0.5, 0.6) is 0 Å². The molecule has 0 spiro atoms. The van der Waals surface area contributed by atoms with E-state index in [2.05, 4.69) is 119 Å². The summed E-state index contributed by atoms with van der Waals surface area (Å²) in [5, 5.41) is 65.2. The highest BCUT2D eigenvalue weighted by Crippen LogP contribution is 2.42. The largest absolute Gasteiger partial charge is 0.459 e. The van der Waals surface area contributed by atoms with Gasteiger partial charge >= 0.3 is 0 Å². The topological polar surface area (TPSA) is 324 Å². The summed E-state index contributed by atoms with van der Waals surface area (Å²) >= 11 is 3.15. The van der Waals surface area contributed by atoms with Crippen LogP contribution in [0, 0.1) is 35.0 Å². The third kappa shape index (κ3) is 19.9. The van der Waals surface area contributed by atoms with Crippen molar-refractivity contribution in [3.05, 3.63) is 367 Å². The number of carbonyl (C=O) groups excluding carboxylic acids is 5. The number of methoxy groups -OCH3 is 1. The van der Waals surface area contributed by atoms with Crippen LogP contribution in [0.3, 0.4) is 0 Å². The second-order valence-corrected chi connectivity index (χ2v) is 35.1. The maximum Gasteiger partial charge on any atom is 0.291 e. The molecule has 1 saturated carbocycles. The van der Waals surface area contributed by atoms with Crippen molar-refractivity contribution in [2.45, 2.75) is 32.1 Å². The predicted octanol–water partition coefficient (Wildman–Crippen LogP) is 25.7. The summed E-state index contributed by atoms with van der Waals surface area (Å²) in [6, 6.07) is 92.1. The molecule has 0 bridgehead atoms. The Balaban J connectivity index is 0.000000107. The minimum atomic E-state index is -0.555. The summed E-state index contributed by atoms with van der Waals surface area (Å²) in [7, 11) is 1.52. The fourth-order valence-corrected chi connectivity index (χ4v) is 18.2. The van der Waals surface area contributed by atoms with Gasteiger partial charge in [0.25, 0.3) is 5.91 Å². The van der Waals surface area contributed by atoms with Crippen LogP contribution in [-0.4, -0.2) is 99.2 Å². The van der Waals surface area contributed by atoms with Gasteiger partial charge in [-0.25, -0.2) is 22.0 Å². The zero-order valence-corrected chi connectivity index (χ0v) is 75.3. The van der Waals surface area contributed by atoms with Crippen molar-refractivity contribution in [3.63, 3.8) is 0 Å². The molecular formula is C109H79F5N16O7S2. The minimum Gasteiger partial charge on any atom is -0.459 e. The quantitative estimate of drug-likeness (QED) is 0.0337. The highest BCUT2D eigenvalue weighted by Gasteiger charge is 2.31. The second-order valence-electron chi connectivity index (χ2n) is 33.0. The van der Waals surface area contributed by atoms with Crippen molar-refractivity contribution >= 4 is 188 Å². The van der Waals surface area contributed by atoms with E-state index < -0.39 is 35.0 Å². The zero-order valence-electron chi connectivity index (χ0n) is 73.7. The summed E-state index contributed by atoms with van der Waals surface area (Å²) in [6.45, 7) is 0.281. The van der Waals surface area contributed by atoms with Crippen LogP contribution >= 0.6 is 22.7 Å². The summed E-state index contributed by atoms with van der Waals surface area (Å²) < 4.78 is 83.3. The summed E-state index contributed by atoms with van der Waals surface area (Å²) in [6.07, 6.45) is 6.92. The normalized spacial score (nSPS) is 11.7. The molecule has 0 saturated heterocycles. The first-order chi connectivity index (χ1) is 67.9. The molecule has 1 fully saturated rings. The predicted molar refractivity (Wildman–Crippen MR) is 539 cm³/mol. The lowest BCUT2D eigenvalue weighted by atomic mass is 10.0. The molecule has 0 radical (unpaired) electrons. The van der Waals surface area contributed by atoms with Crippen LogP contribution < -0.4 is 26.6 Å². The number of nitrogens with one attached hydrogen (secondary N) is 10. The van der Waals surface area contributed by atoms with Gasteiger partial charge < -0.3 is 35.7 Å². The highest BCUT2D eigenvalue weighted by molar-refractivity contribution is 7.22. The fraction of sp³-hybridized carbons (Fsp3) is 0.0734. The number of aromatic nitrogens is 11. The Bertz CT molecular complexity index is 8580. The molecule has 10 N–H and O–H groups in total. The maximum atomic E-state index is 14.6. The van der Waals surface area contributed by atoms with E-state index in [9.17, 15) is 45.9 Å². The van der Waals surface area contributed by atoms with Crippen LogP contribution in [0.1, 0.15) is 40.3 Å². The number of furan rings is 1. The van der Waals surface area contributed by atoms with Crippen LogP contribution in [0.15, 0.2) is 326 Å². The molecule has 24 rings (SSSR count). The SMILES string of the molecule is COCCC(=O)Nc1cc2c(-c3ccc4ccccc4c3)n[nH]c2cc1F.O=C(Cc1cccnc1)Nc1cc2c(-c3ccc4ccccc4c3)n[nH]c2cc1F.O=C(Cc1cccs1)Nc1cc2c(-c3ccc4ccccc4c3)n[nH]c2cc1F.O=C(Nc1cc2c(-c3cc4ccccc4s3)n[nH]c2cc1F)C1CC1.O=C(Nc1cc2c(-c3ccc4ccccc4c3)n[nH]c2cc1F)c1ccco1. The molecule has 1 aliphatic rings. The number of aromatic amines is 5. The molecule has 0 atom stereocenters. The molecule has 0 aliphatic heterocycles. The van der Waals surface area contributed by atoms with E-state index in [1.165, 1.54) is 65.8 Å². The van der Waals surface area contributed by atoms with E-state index in [-0.39, 0.29) is 89.6 Å². The third-order valence-corrected chi connectivity index (χ3v) is 25.6. The zero-order chi connectivity index (χ0) is 95.2. The van der Waals surface area contributed by atoms with Gasteiger partial charge in [0.1, 0.15) is 34.8 Å². The summed E-state index contributed by atoms with van der Waals surface area (Å²) in [5.74, 6) is -3.87. The number of amides is 5. The third-order valence-electron chi connectivity index (χ3n) is 23.6. The van der Waals surface area contributed by atoms with Crippen molar-refractivity contribution in [2.24, 2.45) is 5.92 Å². The van der Waals surface area contributed by atoms with Crippen molar-refractivity contribution in [3.8, 4) is 55.6 Å². The number of carbonyl (C=O) groups is 5. The molecule has 23 nitrogen and oxygen atoms in total. The highest BCUT2D eigenvalue weighted by atomic mass is 32.1. The number of ether oxygens (including phenoxy) is 1. The number of rotatable bonds is 19. The van der Waals surface area contributed by atoms with E-state index in [0.717, 1.165) is 132 Å². The molecule has 139 heavy (non-hydrogen) atoms. The van der Waals surface area contributed by atoms with Gasteiger partial charge in [-0.3, -0.25) is 54.5 Å². The van der Waals surface area contributed by atoms with Crippen molar-refractivity contribution in [1.82, 2.24) is 56.0 Å². The number of benzene rings is 14. The van der Waals surface area contributed by atoms with E-state index >= 15 is 0 Å². The van der Waals surface area contributed by atoms with Gasteiger partial charge in [0, 0.05) is 115 Å². The standard InChI is InChI=1S/C24H17FN4O.C23H16FN3OS.C22H14FN3O2.C21H18FN3O2.C19H14FN3OS/c25-20-13-21-19(12-22(20)27-23(30)10-15-4-3-9-26-14-15)24(29-28-21)18-8-7-16-5-1-2-6-17(16)11-18;24-19-13-20-18(12-21(19)25-22(28)11-17-6-3-9-29-17)23(27-26-20)16-8-7-14-4-1-2-5-15(14)10-16;23-17-12-18-16(11-19(17)24-22(27)20-6-3-9-28-20)21(26-25-18)15-8-7-13-4-1-2-5-14(13)10-15;1-27-9-8-20(26)23-19-11-16-18(12-17(19)22)24-25-21(16)15-7-6-13-4-2-3-5-14(13)10-15;20-13-9-14-12(8-15(13)21-19(24)10-5-6-10)18(23-22-14)17-7-11-3-1-2-4-16(11)25-17/h1-9,11-14H,10H2,(H,27,30)(H,28,29);1-10,12-13H,11H2,(H,25,28)(H,26,27);1-12H,(H,24,27)(H,25,26);2-7,10-12H,8-9H2,1H3,(H,23,26)(H,24,25);1-4,7-10H,5-6H2,(H,21,24)(H,22,23). The van der Waals surface area contributed by atoms with Gasteiger partial charge in [-0.1, -0.05) is 176 Å². The Labute approximate surface area is 794 Å². The molecule has 5 amide bonds. The summed E-state index contributed by atoms with van der Waals surface area (Å²) in [5.41, 5.74) is 11.6. The minimum absolute atomic E-state index is 0.0292. The van der Waals surface area contributed by atoms with Gasteiger partial charge in [0.2, 0.25) is 23.6 Å². The number of nitrogens with zero attached hydrogens (tertiary/aromatic N) is 6. The first kappa shape index (κ1) is 89.4. The number of pyridine rings is 1. The van der Waals surface area contributed by atoms with Crippen LogP contribution in [-0.2, 0) is 36.8 Å². The number of hydrogen-bond donors (Lipinski definition) is 10. The molecule has 14 aromatic carbocycles. The average molecular weight is 1880 g/mol. The van der Waals surface area contributed by atoms with Crippen molar-refractivity contribution in [1.29, 1.82) is 0 Å². The molecule has 0 unspecified atom stereocenters. The second kappa shape index (κ2) is 39.6. The number of fused-ring (bicyclic) bond motifs is 10. The van der Waals surface area contributed by atoms with E-state index in [0.29, 0.717) is 50.1 Å². The van der Waals surface area contributed by atoms with Crippen molar-refractivity contribution < 1.29 is 55.1 Å². The number of halogens is 5. The van der Waals surface area contributed by atoms with Crippen molar-refractivity contribution in [2.75, 3.05) is 40.3 Å². The Hall–Kier alpha value is -17.5. The lowest BCUT2D eigenvalue weighted by molar-refractivity contribution is -0.118. The van der Waals surface area contributed by atoms with Crippen LogP contribution in [0.25, 0.3) is 163 Å². The van der Waals surface area contributed by atoms with Gasteiger partial charge in [-0.2, -0.15) is 25.5 Å². The van der Waals surface area contributed by atoms with E-state index in [4.69, 9.17) is 9.15 Å². The fourth-order valence-electron chi connectivity index (χ4n) is 16.4. The van der Waals surface area contributed by atoms with Gasteiger partial charge in [-0.05, 0) is 163 Å². The first-order valence-corrected chi connectivity index (χ1v) is 45.9. The smallest absolute Gasteiger partial charge is 0.291 e. The number of thiophene rings is 2. The maximum absolute atomic E-state index is 14.6. The number of H-pyrrole nitrogens is 5. The van der Waals surface area contributed by atoms with Gasteiger partial charge in [0.15, 0.2) is 5.76 Å². The van der Waals surface area contributed by atoms with E-state index in [1.54, 1.807) is 72.3 Å². The van der Waals surface area contributed by atoms with E-state index in [1.807, 2.05) is 181 Å². The molecule has 30 heteroatoms. The van der Waals surface area contributed by atoms with Gasteiger partial charge in [-0.15, -0.1) is 22.7 Å². The molecule has 684 valence electrons. The molecule has 1 aliphatic carbocycles. The molecule has 9 aromatic heterocycles. The molecule has 9 heterocycles. The lowest BCUT2D eigenvalue weighted by Gasteiger charge is -2.08. The lowest BCUT2D eigenvalue weighted by Crippen LogP contribution is -2.15. The number of hydrogen-bond acceptors (Lipinski definition) is 15.